The van der Waals surface area contributed by atoms with Crippen molar-refractivity contribution in [2.75, 3.05) is 33.8 Å². The molecule has 0 spiro atoms. The van der Waals surface area contributed by atoms with Gasteiger partial charge >= 0.3 is 0 Å². The first-order valence-electron chi connectivity index (χ1n) is 6.47. The van der Waals surface area contributed by atoms with Gasteiger partial charge in [-0.25, -0.2) is 12.8 Å². The van der Waals surface area contributed by atoms with Gasteiger partial charge in [-0.05, 0) is 44.1 Å². The van der Waals surface area contributed by atoms with E-state index in [1.54, 1.807) is 0 Å². The molecule has 1 unspecified atom stereocenters. The molecule has 1 heterocycles. The van der Waals surface area contributed by atoms with E-state index in [1.807, 2.05) is 7.05 Å². The number of hydrogen-bond donors (Lipinski definition) is 1. The summed E-state index contributed by atoms with van der Waals surface area (Å²) in [5.41, 5.74) is 0. The summed E-state index contributed by atoms with van der Waals surface area (Å²) >= 11 is 0. The molecule has 5 nitrogen and oxygen atoms in total. The maximum Gasteiger partial charge on any atom is 0.243 e. The zero-order valence-corrected chi connectivity index (χ0v) is 13.6. The maximum absolute atomic E-state index is 13.6. The molecule has 8 heteroatoms. The molecule has 1 atom stereocenters. The van der Waals surface area contributed by atoms with Crippen molar-refractivity contribution < 1.29 is 17.5 Å². The number of methoxy groups -OCH3 is 1. The first-order valence-corrected chi connectivity index (χ1v) is 7.91. The predicted octanol–water partition coefficient (Wildman–Crippen LogP) is 1.49. The number of hydrogen-bond acceptors (Lipinski definition) is 4. The number of halogens is 2. The van der Waals surface area contributed by atoms with Crippen LogP contribution in [0.2, 0.25) is 0 Å². The molecule has 1 aromatic carbocycles. The summed E-state index contributed by atoms with van der Waals surface area (Å²) in [6.45, 7) is 1.72. The normalized spacial score (nSPS) is 19.3. The smallest absolute Gasteiger partial charge is 0.243 e. The van der Waals surface area contributed by atoms with Gasteiger partial charge in [-0.1, -0.05) is 0 Å². The van der Waals surface area contributed by atoms with Crippen LogP contribution in [0.4, 0.5) is 4.39 Å². The minimum Gasteiger partial charge on any atom is -0.494 e. The van der Waals surface area contributed by atoms with Gasteiger partial charge in [0.2, 0.25) is 10.0 Å². The first-order chi connectivity index (χ1) is 9.48. The third-order valence-electron chi connectivity index (χ3n) is 3.50. The van der Waals surface area contributed by atoms with Gasteiger partial charge in [0.1, 0.15) is 0 Å². The summed E-state index contributed by atoms with van der Waals surface area (Å²) in [6.07, 6.45) is 0.818. The van der Waals surface area contributed by atoms with Crippen LogP contribution in [0, 0.1) is 11.7 Å². The van der Waals surface area contributed by atoms with Crippen LogP contribution < -0.4 is 10.1 Å². The van der Waals surface area contributed by atoms with Crippen LogP contribution in [0.1, 0.15) is 6.42 Å². The fourth-order valence-corrected chi connectivity index (χ4v) is 3.97. The van der Waals surface area contributed by atoms with Gasteiger partial charge in [-0.2, -0.15) is 4.31 Å². The third kappa shape index (κ3) is 3.85. The van der Waals surface area contributed by atoms with E-state index in [0.717, 1.165) is 19.0 Å². The van der Waals surface area contributed by atoms with Crippen molar-refractivity contribution in [1.82, 2.24) is 9.62 Å². The number of nitrogens with zero attached hydrogens (tertiary/aromatic N) is 1. The van der Waals surface area contributed by atoms with Crippen LogP contribution >= 0.6 is 12.4 Å². The van der Waals surface area contributed by atoms with Gasteiger partial charge in [0, 0.05) is 13.1 Å². The fourth-order valence-electron chi connectivity index (χ4n) is 2.43. The number of benzene rings is 1. The van der Waals surface area contributed by atoms with Crippen molar-refractivity contribution in [3.8, 4) is 5.75 Å². The summed E-state index contributed by atoms with van der Waals surface area (Å²) in [5.74, 6) is -0.323. The lowest BCUT2D eigenvalue weighted by Crippen LogP contribution is -2.30. The lowest BCUT2D eigenvalue weighted by atomic mass is 10.1. The van der Waals surface area contributed by atoms with Crippen molar-refractivity contribution in [1.29, 1.82) is 0 Å². The molecule has 1 N–H and O–H groups in total. The van der Waals surface area contributed by atoms with Gasteiger partial charge in [-0.3, -0.25) is 0 Å². The van der Waals surface area contributed by atoms with E-state index >= 15 is 0 Å². The zero-order chi connectivity index (χ0) is 14.8. The van der Waals surface area contributed by atoms with Gasteiger partial charge in [0.05, 0.1) is 12.0 Å². The van der Waals surface area contributed by atoms with Crippen molar-refractivity contribution in [2.24, 2.45) is 5.92 Å². The van der Waals surface area contributed by atoms with Crippen LogP contribution in [0.5, 0.6) is 5.75 Å². The van der Waals surface area contributed by atoms with Crippen LogP contribution in [0.25, 0.3) is 0 Å². The summed E-state index contributed by atoms with van der Waals surface area (Å²) in [5, 5.41) is 3.05. The summed E-state index contributed by atoms with van der Waals surface area (Å²) in [6, 6.07) is 3.73. The highest BCUT2D eigenvalue weighted by molar-refractivity contribution is 7.89. The van der Waals surface area contributed by atoms with E-state index in [0.29, 0.717) is 19.0 Å². The summed E-state index contributed by atoms with van der Waals surface area (Å²) < 4.78 is 44.7. The SMILES string of the molecule is CNCC1CCN(S(=O)(=O)c2ccc(OC)c(F)c2)C1.Cl. The van der Waals surface area contributed by atoms with E-state index in [4.69, 9.17) is 4.74 Å². The molecule has 1 aliphatic rings. The van der Waals surface area contributed by atoms with Crippen LogP contribution in [-0.2, 0) is 10.0 Å². The van der Waals surface area contributed by atoms with Crippen LogP contribution in [0.15, 0.2) is 23.1 Å². The Bertz CT molecular complexity index is 583. The Hall–Kier alpha value is -0.890. The number of rotatable bonds is 5. The van der Waals surface area contributed by atoms with Crippen LogP contribution in [0.3, 0.4) is 0 Å². The molecule has 2 rings (SSSR count). The molecule has 0 saturated carbocycles. The zero-order valence-electron chi connectivity index (χ0n) is 12.0. The lowest BCUT2D eigenvalue weighted by molar-refractivity contribution is 0.385. The number of sulfonamides is 1. The van der Waals surface area contributed by atoms with Crippen molar-refractivity contribution in [2.45, 2.75) is 11.3 Å². The molecule has 0 aliphatic carbocycles. The monoisotopic (exact) mass is 338 g/mol. The molecule has 0 aromatic heterocycles. The van der Waals surface area contributed by atoms with Crippen LogP contribution in [-0.4, -0.2) is 46.5 Å². The molecule has 21 heavy (non-hydrogen) atoms. The molecule has 1 aliphatic heterocycles. The Morgan fingerprint density at radius 2 is 2.19 bits per heavy atom. The minimum atomic E-state index is -3.63. The maximum atomic E-state index is 13.6. The third-order valence-corrected chi connectivity index (χ3v) is 5.36. The molecule has 0 amide bonds. The lowest BCUT2D eigenvalue weighted by Gasteiger charge is -2.17. The van der Waals surface area contributed by atoms with Gasteiger partial charge < -0.3 is 10.1 Å². The Kier molecular flexibility index (Phi) is 6.40. The second-order valence-corrected chi connectivity index (χ2v) is 6.81. The second-order valence-electron chi connectivity index (χ2n) is 4.87. The van der Waals surface area contributed by atoms with Crippen molar-refractivity contribution >= 4 is 22.4 Å². The molecular formula is C13H20ClFN2O3S. The fraction of sp³-hybridized carbons (Fsp3) is 0.538. The van der Waals surface area contributed by atoms with E-state index in [-0.39, 0.29) is 23.1 Å². The quantitative estimate of drug-likeness (QED) is 0.883. The van der Waals surface area contributed by atoms with E-state index < -0.39 is 15.8 Å². The highest BCUT2D eigenvalue weighted by Crippen LogP contribution is 2.27. The Morgan fingerprint density at radius 1 is 1.48 bits per heavy atom. The standard InChI is InChI=1S/C13H19FN2O3S.ClH/c1-15-8-10-5-6-16(9-10)20(17,18)11-3-4-13(19-2)12(14)7-11;/h3-4,7,10,15H,5-6,8-9H2,1-2H3;1H. The highest BCUT2D eigenvalue weighted by Gasteiger charge is 2.32. The Morgan fingerprint density at radius 3 is 2.76 bits per heavy atom. The van der Waals surface area contributed by atoms with E-state index in [2.05, 4.69) is 5.32 Å². The van der Waals surface area contributed by atoms with Gasteiger partial charge in [-0.15, -0.1) is 12.4 Å². The molecule has 0 bridgehead atoms. The molecule has 1 fully saturated rings. The van der Waals surface area contributed by atoms with Crippen molar-refractivity contribution in [3.05, 3.63) is 24.0 Å². The highest BCUT2D eigenvalue weighted by atomic mass is 35.5. The van der Waals surface area contributed by atoms with Gasteiger partial charge in [0.15, 0.2) is 11.6 Å². The first kappa shape index (κ1) is 18.2. The molecule has 1 aromatic rings. The molecule has 120 valence electrons. The second kappa shape index (κ2) is 7.40. The molecular weight excluding hydrogens is 319 g/mol. The largest absolute Gasteiger partial charge is 0.494 e. The topological polar surface area (TPSA) is 58.6 Å². The van der Waals surface area contributed by atoms with Gasteiger partial charge in [0.25, 0.3) is 0 Å². The summed E-state index contributed by atoms with van der Waals surface area (Å²) in [7, 11) is -0.441. The number of ether oxygens (including phenoxy) is 1. The summed E-state index contributed by atoms with van der Waals surface area (Å²) in [4.78, 5) is -0.0269. The predicted molar refractivity (Wildman–Crippen MR) is 81.0 cm³/mol. The van der Waals surface area contributed by atoms with E-state index in [9.17, 15) is 12.8 Å². The average molecular weight is 339 g/mol. The minimum absolute atomic E-state index is 0. The Balaban J connectivity index is 0.00000220. The van der Waals surface area contributed by atoms with Crippen molar-refractivity contribution in [3.63, 3.8) is 0 Å². The van der Waals surface area contributed by atoms with E-state index in [1.165, 1.54) is 23.5 Å². The number of nitrogens with one attached hydrogen (secondary N) is 1. The molecule has 1 saturated heterocycles. The average Bonchev–Trinajstić information content (AvgIpc) is 2.88. The molecule has 0 radical (unpaired) electrons. The Labute approximate surface area is 130 Å².